The van der Waals surface area contributed by atoms with E-state index in [1.807, 2.05) is 0 Å². The summed E-state index contributed by atoms with van der Waals surface area (Å²) >= 11 is 0. The van der Waals surface area contributed by atoms with Gasteiger partial charge in [-0.15, -0.1) is 13.2 Å². The molecule has 0 aromatic heterocycles. The number of alkyl halides is 3. The third-order valence-electron chi connectivity index (χ3n) is 2.25. The molecule has 1 saturated heterocycles. The highest BCUT2D eigenvalue weighted by Crippen LogP contribution is 2.28. The molecule has 0 saturated carbocycles. The summed E-state index contributed by atoms with van der Waals surface area (Å²) in [5.74, 6) is 0.676. The van der Waals surface area contributed by atoms with Crippen molar-refractivity contribution in [2.75, 3.05) is 11.5 Å². The van der Waals surface area contributed by atoms with Crippen LogP contribution >= 0.6 is 0 Å². The lowest BCUT2D eigenvalue weighted by Gasteiger charge is -2.17. The van der Waals surface area contributed by atoms with Crippen LogP contribution in [-0.2, 0) is 9.73 Å². The Hall–Kier alpha value is -1.24. The van der Waals surface area contributed by atoms with Crippen molar-refractivity contribution < 1.29 is 22.1 Å². The van der Waals surface area contributed by atoms with Crippen LogP contribution in [0.15, 0.2) is 28.6 Å². The van der Waals surface area contributed by atoms with Gasteiger partial charge >= 0.3 is 6.36 Å². The normalized spacial score (nSPS) is 18.3. The molecule has 1 aliphatic rings. The molecule has 3 nitrogen and oxygen atoms in total. The Morgan fingerprint density at radius 1 is 1.29 bits per heavy atom. The predicted molar refractivity (Wildman–Crippen MR) is 57.7 cm³/mol. The van der Waals surface area contributed by atoms with E-state index in [1.54, 1.807) is 0 Å². The molecule has 0 radical (unpaired) electrons. The molecule has 1 aliphatic heterocycles. The quantitative estimate of drug-likeness (QED) is 0.824. The van der Waals surface area contributed by atoms with Crippen molar-refractivity contribution in [3.05, 3.63) is 24.3 Å². The van der Waals surface area contributed by atoms with E-state index in [4.69, 9.17) is 0 Å². The maximum Gasteiger partial charge on any atom is 0.573 e. The number of nitrogens with zero attached hydrogens (tertiary/aromatic N) is 1. The van der Waals surface area contributed by atoms with Crippen LogP contribution in [0.1, 0.15) is 6.42 Å². The average Bonchev–Trinajstić information content (AvgIpc) is 2.13. The zero-order valence-corrected chi connectivity index (χ0v) is 9.55. The van der Waals surface area contributed by atoms with Gasteiger partial charge in [0.25, 0.3) is 0 Å². The second kappa shape index (κ2) is 4.21. The summed E-state index contributed by atoms with van der Waals surface area (Å²) in [6.45, 7) is 0. The molecule has 0 amide bonds. The molecule has 1 aromatic carbocycles. The van der Waals surface area contributed by atoms with Gasteiger partial charge in [0.05, 0.1) is 15.4 Å². The van der Waals surface area contributed by atoms with Crippen LogP contribution in [0.25, 0.3) is 0 Å². The molecule has 17 heavy (non-hydrogen) atoms. The van der Waals surface area contributed by atoms with E-state index in [-0.39, 0.29) is 11.4 Å². The molecule has 0 N–H and O–H groups in total. The number of rotatable bonds is 2. The lowest BCUT2D eigenvalue weighted by atomic mass is 10.3. The molecule has 0 spiro atoms. The van der Waals surface area contributed by atoms with Crippen LogP contribution in [0.3, 0.4) is 0 Å². The number of benzene rings is 1. The molecule has 1 aromatic rings. The summed E-state index contributed by atoms with van der Waals surface area (Å²) in [5.41, 5.74) is 0.261. The molecular weight excluding hydrogens is 255 g/mol. The van der Waals surface area contributed by atoms with Crippen molar-refractivity contribution in [3.8, 4) is 5.75 Å². The highest BCUT2D eigenvalue weighted by Gasteiger charge is 2.31. The van der Waals surface area contributed by atoms with E-state index in [0.29, 0.717) is 11.5 Å². The lowest BCUT2D eigenvalue weighted by molar-refractivity contribution is -0.274. The smallest absolute Gasteiger partial charge is 0.406 e. The minimum atomic E-state index is -4.73. The van der Waals surface area contributed by atoms with E-state index in [1.165, 1.54) is 18.2 Å². The van der Waals surface area contributed by atoms with Gasteiger partial charge in [-0.3, -0.25) is 0 Å². The van der Waals surface area contributed by atoms with Crippen molar-refractivity contribution in [2.24, 2.45) is 4.36 Å². The summed E-state index contributed by atoms with van der Waals surface area (Å²) in [4.78, 5) is 0. The van der Waals surface area contributed by atoms with Crippen LogP contribution in [0.4, 0.5) is 18.9 Å². The Kier molecular flexibility index (Phi) is 3.03. The van der Waals surface area contributed by atoms with Gasteiger partial charge in [0.15, 0.2) is 0 Å². The topological polar surface area (TPSA) is 38.7 Å². The molecule has 0 bridgehead atoms. The summed E-state index contributed by atoms with van der Waals surface area (Å²) in [7, 11) is -2.21. The lowest BCUT2D eigenvalue weighted by Crippen LogP contribution is -2.23. The van der Waals surface area contributed by atoms with Crippen molar-refractivity contribution >= 4 is 15.4 Å². The van der Waals surface area contributed by atoms with Gasteiger partial charge in [-0.05, 0) is 18.6 Å². The van der Waals surface area contributed by atoms with Crippen LogP contribution < -0.4 is 4.74 Å². The SMILES string of the molecule is O=S1(=Nc2cccc(OC(F)(F)F)c2)CCC1. The fraction of sp³-hybridized carbons (Fsp3) is 0.400. The summed E-state index contributed by atoms with van der Waals surface area (Å²) in [5, 5.41) is 0. The Bertz CT molecular complexity index is 523. The third kappa shape index (κ3) is 3.36. The molecule has 0 atom stereocenters. The Labute approximate surface area is 96.8 Å². The van der Waals surface area contributed by atoms with E-state index in [2.05, 4.69) is 9.10 Å². The minimum absolute atomic E-state index is 0.261. The first-order chi connectivity index (χ1) is 7.86. The third-order valence-corrected chi connectivity index (χ3v) is 4.65. The zero-order chi connectivity index (χ0) is 12.5. The number of hydrogen-bond donors (Lipinski definition) is 0. The van der Waals surface area contributed by atoms with Gasteiger partial charge in [0.1, 0.15) is 5.75 Å². The van der Waals surface area contributed by atoms with E-state index in [9.17, 15) is 17.4 Å². The second-order valence-electron chi connectivity index (χ2n) is 3.67. The number of halogens is 3. The predicted octanol–water partition coefficient (Wildman–Crippen LogP) is 3.09. The average molecular weight is 265 g/mol. The molecule has 0 aliphatic carbocycles. The molecule has 2 rings (SSSR count). The monoisotopic (exact) mass is 265 g/mol. The maximum absolute atomic E-state index is 12.0. The highest BCUT2D eigenvalue weighted by molar-refractivity contribution is 7.95. The first-order valence-corrected chi connectivity index (χ1v) is 6.80. The van der Waals surface area contributed by atoms with Crippen LogP contribution in [0.5, 0.6) is 5.75 Å². The second-order valence-corrected chi connectivity index (χ2v) is 6.22. The fourth-order valence-electron chi connectivity index (χ4n) is 1.41. The Morgan fingerprint density at radius 3 is 2.53 bits per heavy atom. The standard InChI is InChI=1S/C10H10F3NO2S/c11-10(12,13)16-9-4-1-3-8(7-9)14-17(15)5-2-6-17/h1,3-4,7H,2,5-6H2. The van der Waals surface area contributed by atoms with Crippen molar-refractivity contribution in [3.63, 3.8) is 0 Å². The van der Waals surface area contributed by atoms with Gasteiger partial charge in [-0.1, -0.05) is 6.07 Å². The first-order valence-electron chi connectivity index (χ1n) is 4.95. The zero-order valence-electron chi connectivity index (χ0n) is 8.74. The number of hydrogen-bond acceptors (Lipinski definition) is 3. The maximum atomic E-state index is 12.0. The summed E-state index contributed by atoms with van der Waals surface area (Å²) in [6.07, 6.45) is -3.88. The van der Waals surface area contributed by atoms with Gasteiger partial charge < -0.3 is 4.74 Å². The van der Waals surface area contributed by atoms with Gasteiger partial charge in [0, 0.05) is 17.6 Å². The molecule has 7 heteroatoms. The van der Waals surface area contributed by atoms with Gasteiger partial charge in [-0.2, -0.15) is 4.36 Å². The first kappa shape index (κ1) is 12.2. The van der Waals surface area contributed by atoms with Crippen molar-refractivity contribution in [1.29, 1.82) is 0 Å². The molecule has 94 valence electrons. The number of ether oxygens (including phenoxy) is 1. The fourth-order valence-corrected chi connectivity index (χ4v) is 2.88. The van der Waals surface area contributed by atoms with Crippen molar-refractivity contribution in [1.82, 2.24) is 0 Å². The Balaban J connectivity index is 2.23. The molecular formula is C10H10F3NO2S. The summed E-state index contributed by atoms with van der Waals surface area (Å²) in [6, 6.07) is 5.22. The largest absolute Gasteiger partial charge is 0.573 e. The van der Waals surface area contributed by atoms with E-state index in [0.717, 1.165) is 12.5 Å². The van der Waals surface area contributed by atoms with E-state index < -0.39 is 16.1 Å². The molecule has 1 heterocycles. The Morgan fingerprint density at radius 2 is 2.00 bits per heavy atom. The summed E-state index contributed by atoms with van der Waals surface area (Å²) < 4.78 is 55.4. The van der Waals surface area contributed by atoms with E-state index >= 15 is 0 Å². The van der Waals surface area contributed by atoms with Gasteiger partial charge in [-0.25, -0.2) is 4.21 Å². The van der Waals surface area contributed by atoms with Crippen LogP contribution in [0.2, 0.25) is 0 Å². The van der Waals surface area contributed by atoms with Crippen molar-refractivity contribution in [2.45, 2.75) is 12.8 Å². The highest BCUT2D eigenvalue weighted by atomic mass is 32.2. The molecule has 0 unspecified atom stereocenters. The van der Waals surface area contributed by atoms with Crippen LogP contribution in [0, 0.1) is 0 Å². The van der Waals surface area contributed by atoms with Crippen LogP contribution in [-0.4, -0.2) is 22.1 Å². The van der Waals surface area contributed by atoms with Gasteiger partial charge in [0.2, 0.25) is 0 Å². The minimum Gasteiger partial charge on any atom is -0.406 e. The molecule has 1 fully saturated rings.